The van der Waals surface area contributed by atoms with Crippen LogP contribution in [0.3, 0.4) is 0 Å². The van der Waals surface area contributed by atoms with Crippen LogP contribution < -0.4 is 0 Å². The first-order chi connectivity index (χ1) is 27.6. The van der Waals surface area contributed by atoms with E-state index < -0.39 is 0 Å². The molecular formula is C55H36O. The lowest BCUT2D eigenvalue weighted by Gasteiger charge is -2.24. The van der Waals surface area contributed by atoms with Crippen molar-refractivity contribution >= 4 is 65.0 Å². The van der Waals surface area contributed by atoms with Gasteiger partial charge >= 0.3 is 0 Å². The molecule has 0 N–H and O–H groups in total. The first-order valence-electron chi connectivity index (χ1n) is 19.6. The average molecular weight is 713 g/mol. The van der Waals surface area contributed by atoms with Crippen LogP contribution >= 0.6 is 0 Å². The van der Waals surface area contributed by atoms with Crippen LogP contribution in [-0.4, -0.2) is 0 Å². The highest BCUT2D eigenvalue weighted by Gasteiger charge is 2.40. The summed E-state index contributed by atoms with van der Waals surface area (Å²) in [6, 6.07) is 67.1. The zero-order valence-corrected chi connectivity index (χ0v) is 31.2. The van der Waals surface area contributed by atoms with Crippen LogP contribution in [0.2, 0.25) is 0 Å². The molecule has 0 bridgehead atoms. The minimum absolute atomic E-state index is 0.184. The Morgan fingerprint density at radius 2 is 0.786 bits per heavy atom. The van der Waals surface area contributed by atoms with E-state index in [4.69, 9.17) is 4.42 Å². The van der Waals surface area contributed by atoms with Gasteiger partial charge < -0.3 is 4.42 Å². The van der Waals surface area contributed by atoms with Crippen LogP contribution in [0.25, 0.3) is 110 Å². The number of para-hydroxylation sites is 1. The third-order valence-electron chi connectivity index (χ3n) is 12.6. The van der Waals surface area contributed by atoms with E-state index in [2.05, 4.69) is 190 Å². The van der Waals surface area contributed by atoms with Gasteiger partial charge in [-0.3, -0.25) is 0 Å². The highest BCUT2D eigenvalue weighted by molar-refractivity contribution is 6.26. The lowest BCUT2D eigenvalue weighted by Crippen LogP contribution is -2.15. The molecule has 0 amide bonds. The topological polar surface area (TPSA) is 13.1 Å². The van der Waals surface area contributed by atoms with Crippen molar-refractivity contribution < 1.29 is 4.42 Å². The van der Waals surface area contributed by atoms with E-state index >= 15 is 0 Å². The Labute approximate surface area is 325 Å². The Kier molecular flexibility index (Phi) is 6.46. The van der Waals surface area contributed by atoms with Gasteiger partial charge in [0.15, 0.2) is 0 Å². The Morgan fingerprint density at radius 1 is 0.321 bits per heavy atom. The maximum Gasteiger partial charge on any atom is 0.135 e. The number of hydrogen-bond donors (Lipinski definition) is 0. The third-order valence-corrected chi connectivity index (χ3v) is 12.6. The van der Waals surface area contributed by atoms with Gasteiger partial charge in [0.1, 0.15) is 11.2 Å². The average Bonchev–Trinajstić information content (AvgIpc) is 3.74. The zero-order chi connectivity index (χ0) is 37.1. The van der Waals surface area contributed by atoms with Crippen LogP contribution in [0.15, 0.2) is 186 Å². The summed E-state index contributed by atoms with van der Waals surface area (Å²) < 4.78 is 6.24. The Hall–Kier alpha value is -6.96. The minimum atomic E-state index is -0.184. The second-order valence-electron chi connectivity index (χ2n) is 15.9. The smallest absolute Gasteiger partial charge is 0.135 e. The second kappa shape index (κ2) is 11.5. The fraction of sp³-hybridized carbons (Fsp3) is 0.0545. The number of hydrogen-bond acceptors (Lipinski definition) is 1. The summed E-state index contributed by atoms with van der Waals surface area (Å²) in [4.78, 5) is 0. The zero-order valence-electron chi connectivity index (χ0n) is 31.2. The van der Waals surface area contributed by atoms with E-state index in [-0.39, 0.29) is 5.41 Å². The third kappa shape index (κ3) is 4.20. The highest BCUT2D eigenvalue weighted by Crippen LogP contribution is 2.58. The predicted octanol–water partition coefficient (Wildman–Crippen LogP) is 15.5. The molecule has 0 radical (unpaired) electrons. The molecule has 1 aromatic heterocycles. The van der Waals surface area contributed by atoms with E-state index in [1.165, 1.54) is 98.7 Å². The van der Waals surface area contributed by atoms with Gasteiger partial charge in [0.05, 0.1) is 0 Å². The number of rotatable bonds is 3. The Bertz CT molecular complexity index is 3390. The van der Waals surface area contributed by atoms with Crippen molar-refractivity contribution in [3.63, 3.8) is 0 Å². The van der Waals surface area contributed by atoms with Crippen molar-refractivity contribution in [2.45, 2.75) is 19.3 Å². The molecule has 1 aliphatic carbocycles. The summed E-state index contributed by atoms with van der Waals surface area (Å²) in [6.07, 6.45) is 0. The molecule has 11 aromatic rings. The van der Waals surface area contributed by atoms with Crippen LogP contribution in [0.5, 0.6) is 0 Å². The minimum Gasteiger partial charge on any atom is -0.456 e. The summed E-state index contributed by atoms with van der Waals surface area (Å²) in [6.45, 7) is 4.84. The van der Waals surface area contributed by atoms with Gasteiger partial charge in [0.25, 0.3) is 0 Å². The summed E-state index contributed by atoms with van der Waals surface area (Å²) in [5, 5.41) is 12.6. The van der Waals surface area contributed by atoms with E-state index in [0.29, 0.717) is 0 Å². The molecule has 0 saturated carbocycles. The predicted molar refractivity (Wildman–Crippen MR) is 238 cm³/mol. The van der Waals surface area contributed by atoms with Gasteiger partial charge in [0, 0.05) is 16.2 Å². The first kappa shape index (κ1) is 31.4. The second-order valence-corrected chi connectivity index (χ2v) is 15.9. The Balaban J connectivity index is 1.17. The van der Waals surface area contributed by atoms with Crippen molar-refractivity contribution in [2.24, 2.45) is 0 Å². The molecule has 0 saturated heterocycles. The standard InChI is InChI=1S/C55H36O/c1-55(2)47-28-15-27-45(52(47)53-39-21-7-4-17-35(39)36-18-5-12-26-44(36)54(53)55)51-42-24-10-8-22-40(42)50(41-23-9-11-25-43(41)51)38-20-6-3-16-34(38)33-30-31-49-46(32-33)37-19-13-14-29-48(37)56-49/h3-32H,1-2H3. The molecule has 1 heterocycles. The van der Waals surface area contributed by atoms with Crippen molar-refractivity contribution in [3.05, 3.63) is 193 Å². The van der Waals surface area contributed by atoms with E-state index in [1.54, 1.807) is 0 Å². The molecule has 1 nitrogen and oxygen atoms in total. The van der Waals surface area contributed by atoms with Crippen LogP contribution in [0, 0.1) is 0 Å². The van der Waals surface area contributed by atoms with Crippen molar-refractivity contribution in [2.75, 3.05) is 0 Å². The molecule has 12 rings (SSSR count). The van der Waals surface area contributed by atoms with Crippen molar-refractivity contribution in [3.8, 4) is 44.5 Å². The molecule has 1 aliphatic rings. The van der Waals surface area contributed by atoms with Gasteiger partial charge in [-0.25, -0.2) is 0 Å². The van der Waals surface area contributed by atoms with Gasteiger partial charge in [-0.05, 0) is 117 Å². The van der Waals surface area contributed by atoms with Gasteiger partial charge in [0.2, 0.25) is 0 Å². The van der Waals surface area contributed by atoms with E-state index in [0.717, 1.165) is 21.9 Å². The number of fused-ring (bicyclic) bond motifs is 13. The molecule has 0 spiro atoms. The number of furan rings is 1. The fourth-order valence-corrected chi connectivity index (χ4v) is 10.3. The molecule has 56 heavy (non-hydrogen) atoms. The largest absolute Gasteiger partial charge is 0.456 e. The van der Waals surface area contributed by atoms with Crippen LogP contribution in [0.4, 0.5) is 0 Å². The van der Waals surface area contributed by atoms with Crippen LogP contribution in [-0.2, 0) is 5.41 Å². The molecular weight excluding hydrogens is 677 g/mol. The maximum absolute atomic E-state index is 6.24. The molecule has 10 aromatic carbocycles. The van der Waals surface area contributed by atoms with E-state index in [9.17, 15) is 0 Å². The SMILES string of the molecule is CC1(C)c2cccc(-c3c4ccccc4c(-c4ccccc4-c4ccc5oc6ccccc6c5c4)c4ccccc34)c2-c2c1c1ccccc1c1ccccc21. The molecule has 0 unspecified atom stereocenters. The normalized spacial score (nSPS) is 13.3. The van der Waals surface area contributed by atoms with Crippen molar-refractivity contribution in [1.82, 2.24) is 0 Å². The first-order valence-corrected chi connectivity index (χ1v) is 19.6. The Morgan fingerprint density at radius 3 is 1.45 bits per heavy atom. The molecule has 0 fully saturated rings. The summed E-state index contributed by atoms with van der Waals surface area (Å²) in [5.41, 5.74) is 14.6. The van der Waals surface area contributed by atoms with Crippen molar-refractivity contribution in [1.29, 1.82) is 0 Å². The quantitative estimate of drug-likeness (QED) is 0.131. The van der Waals surface area contributed by atoms with Gasteiger partial charge in [-0.15, -0.1) is 0 Å². The lowest BCUT2D eigenvalue weighted by atomic mass is 9.79. The maximum atomic E-state index is 6.24. The molecule has 0 aliphatic heterocycles. The lowest BCUT2D eigenvalue weighted by molar-refractivity contribution is 0.666. The highest BCUT2D eigenvalue weighted by atomic mass is 16.3. The monoisotopic (exact) mass is 712 g/mol. The fourth-order valence-electron chi connectivity index (χ4n) is 10.3. The molecule has 262 valence electrons. The molecule has 1 heteroatoms. The summed E-state index contributed by atoms with van der Waals surface area (Å²) >= 11 is 0. The summed E-state index contributed by atoms with van der Waals surface area (Å²) in [7, 11) is 0. The van der Waals surface area contributed by atoms with Gasteiger partial charge in [-0.1, -0.05) is 178 Å². The number of benzene rings is 10. The van der Waals surface area contributed by atoms with Gasteiger partial charge in [-0.2, -0.15) is 0 Å². The van der Waals surface area contributed by atoms with Crippen LogP contribution in [0.1, 0.15) is 25.0 Å². The molecule has 0 atom stereocenters. The summed E-state index contributed by atoms with van der Waals surface area (Å²) in [5.74, 6) is 0. The van der Waals surface area contributed by atoms with E-state index in [1.807, 2.05) is 6.07 Å².